The first kappa shape index (κ1) is 15.4. The van der Waals surface area contributed by atoms with Crippen molar-refractivity contribution in [1.29, 1.82) is 0 Å². The molecule has 0 aromatic carbocycles. The molecule has 18 heavy (non-hydrogen) atoms. The molecule has 1 aliphatic rings. The summed E-state index contributed by atoms with van der Waals surface area (Å²) in [5.41, 5.74) is 5.59. The molecule has 0 aliphatic carbocycles. The maximum atomic E-state index is 11.3. The molecule has 0 radical (unpaired) electrons. The van der Waals surface area contributed by atoms with Gasteiger partial charge in [0, 0.05) is 18.1 Å². The highest BCUT2D eigenvalue weighted by Gasteiger charge is 2.28. The van der Waals surface area contributed by atoms with Gasteiger partial charge in [-0.25, -0.2) is 0 Å². The Morgan fingerprint density at radius 3 is 2.61 bits per heavy atom. The van der Waals surface area contributed by atoms with Crippen molar-refractivity contribution in [3.63, 3.8) is 0 Å². The second kappa shape index (κ2) is 6.53. The summed E-state index contributed by atoms with van der Waals surface area (Å²) in [5.74, 6) is -0.0866. The van der Waals surface area contributed by atoms with Gasteiger partial charge < -0.3 is 11.1 Å². The lowest BCUT2D eigenvalue weighted by Crippen LogP contribution is -2.46. The van der Waals surface area contributed by atoms with Crippen LogP contribution in [0.5, 0.6) is 0 Å². The molecule has 1 heterocycles. The van der Waals surface area contributed by atoms with Crippen molar-refractivity contribution in [1.82, 2.24) is 10.2 Å². The molecule has 0 spiro atoms. The summed E-state index contributed by atoms with van der Waals surface area (Å²) in [6.07, 6.45) is 3.15. The van der Waals surface area contributed by atoms with Crippen molar-refractivity contribution in [2.45, 2.75) is 58.5 Å². The van der Waals surface area contributed by atoms with E-state index in [0.717, 1.165) is 38.9 Å². The normalized spacial score (nSPS) is 26.2. The summed E-state index contributed by atoms with van der Waals surface area (Å²) < 4.78 is 0. The first-order valence-electron chi connectivity index (χ1n) is 7.08. The van der Waals surface area contributed by atoms with Crippen LogP contribution >= 0.6 is 0 Å². The number of nitrogens with two attached hydrogens (primary N) is 1. The van der Waals surface area contributed by atoms with Crippen LogP contribution in [0.2, 0.25) is 0 Å². The van der Waals surface area contributed by atoms with Crippen LogP contribution in [0, 0.1) is 5.92 Å². The van der Waals surface area contributed by atoms with E-state index in [1.165, 1.54) is 0 Å². The van der Waals surface area contributed by atoms with E-state index in [0.29, 0.717) is 6.04 Å². The summed E-state index contributed by atoms with van der Waals surface area (Å²) in [5, 5.41) is 3.49. The van der Waals surface area contributed by atoms with Gasteiger partial charge in [-0.15, -0.1) is 0 Å². The average molecular weight is 255 g/mol. The number of carbonyl (C=O) groups is 1. The molecule has 0 aromatic heterocycles. The van der Waals surface area contributed by atoms with Gasteiger partial charge >= 0.3 is 0 Å². The minimum absolute atomic E-state index is 0.0526. The Kier molecular flexibility index (Phi) is 5.60. The van der Waals surface area contributed by atoms with Gasteiger partial charge in [-0.1, -0.05) is 0 Å². The molecule has 2 atom stereocenters. The molecule has 0 bridgehead atoms. The molecule has 1 saturated heterocycles. The van der Waals surface area contributed by atoms with Crippen LogP contribution in [-0.2, 0) is 4.79 Å². The van der Waals surface area contributed by atoms with Gasteiger partial charge in [-0.05, 0) is 60.0 Å². The molecule has 1 rings (SSSR count). The van der Waals surface area contributed by atoms with Gasteiger partial charge in [0.1, 0.15) is 0 Å². The summed E-state index contributed by atoms with van der Waals surface area (Å²) in [7, 11) is 0. The van der Waals surface area contributed by atoms with Crippen LogP contribution in [0.3, 0.4) is 0 Å². The molecule has 3 N–H and O–H groups in total. The minimum atomic E-state index is -0.139. The van der Waals surface area contributed by atoms with Crippen molar-refractivity contribution >= 4 is 5.91 Å². The topological polar surface area (TPSA) is 58.4 Å². The lowest BCUT2D eigenvalue weighted by atomic mass is 9.93. The standard InChI is InChI=1S/C14H29N3O/c1-11-6-7-12(13(15)18)10-17(11)9-5-8-16-14(2,3)4/h11-12,16H,5-10H2,1-4H3,(H2,15,18). The van der Waals surface area contributed by atoms with Crippen molar-refractivity contribution in [2.75, 3.05) is 19.6 Å². The third-order valence-electron chi connectivity index (χ3n) is 3.69. The highest BCUT2D eigenvalue weighted by atomic mass is 16.1. The van der Waals surface area contributed by atoms with Gasteiger partial charge in [0.25, 0.3) is 0 Å². The largest absolute Gasteiger partial charge is 0.369 e. The number of nitrogens with zero attached hydrogens (tertiary/aromatic N) is 1. The zero-order valence-electron chi connectivity index (χ0n) is 12.3. The number of hydrogen-bond acceptors (Lipinski definition) is 3. The van der Waals surface area contributed by atoms with E-state index in [-0.39, 0.29) is 17.4 Å². The third-order valence-corrected chi connectivity index (χ3v) is 3.69. The van der Waals surface area contributed by atoms with E-state index >= 15 is 0 Å². The Labute approximate surface area is 111 Å². The number of amides is 1. The zero-order chi connectivity index (χ0) is 13.8. The zero-order valence-corrected chi connectivity index (χ0v) is 12.3. The summed E-state index contributed by atoms with van der Waals surface area (Å²) in [6, 6.07) is 0.579. The Bertz CT molecular complexity index is 273. The third kappa shape index (κ3) is 5.36. The van der Waals surface area contributed by atoms with E-state index in [1.807, 2.05) is 0 Å². The van der Waals surface area contributed by atoms with E-state index in [9.17, 15) is 4.79 Å². The van der Waals surface area contributed by atoms with Crippen LogP contribution < -0.4 is 11.1 Å². The Hall–Kier alpha value is -0.610. The highest BCUT2D eigenvalue weighted by molar-refractivity contribution is 5.76. The van der Waals surface area contributed by atoms with E-state index in [1.54, 1.807) is 0 Å². The highest BCUT2D eigenvalue weighted by Crippen LogP contribution is 2.21. The first-order chi connectivity index (χ1) is 8.29. The maximum Gasteiger partial charge on any atom is 0.221 e. The number of nitrogens with one attached hydrogen (secondary N) is 1. The smallest absolute Gasteiger partial charge is 0.221 e. The monoisotopic (exact) mass is 255 g/mol. The molecule has 0 aromatic rings. The maximum absolute atomic E-state index is 11.3. The second-order valence-electron chi connectivity index (χ2n) is 6.55. The van der Waals surface area contributed by atoms with Crippen LogP contribution in [0.1, 0.15) is 47.0 Å². The average Bonchev–Trinajstić information content (AvgIpc) is 2.24. The quantitative estimate of drug-likeness (QED) is 0.729. The fourth-order valence-electron chi connectivity index (χ4n) is 2.47. The van der Waals surface area contributed by atoms with Gasteiger partial charge in [0.15, 0.2) is 0 Å². The van der Waals surface area contributed by atoms with Gasteiger partial charge in [0.2, 0.25) is 5.91 Å². The molecule has 1 amide bonds. The van der Waals surface area contributed by atoms with Crippen LogP contribution in [0.4, 0.5) is 0 Å². The lowest BCUT2D eigenvalue weighted by Gasteiger charge is -2.37. The molecule has 0 saturated carbocycles. The Balaban J connectivity index is 2.29. The summed E-state index contributed by atoms with van der Waals surface area (Å²) in [6.45, 7) is 11.7. The molecule has 4 nitrogen and oxygen atoms in total. The fourth-order valence-corrected chi connectivity index (χ4v) is 2.47. The van der Waals surface area contributed by atoms with Crippen molar-refractivity contribution < 1.29 is 4.79 Å². The molecular weight excluding hydrogens is 226 g/mol. The number of rotatable bonds is 5. The lowest BCUT2D eigenvalue weighted by molar-refractivity contribution is -0.123. The number of hydrogen-bond donors (Lipinski definition) is 2. The van der Waals surface area contributed by atoms with Crippen molar-refractivity contribution in [3.05, 3.63) is 0 Å². The molecule has 1 aliphatic heterocycles. The van der Waals surface area contributed by atoms with Crippen LogP contribution in [0.25, 0.3) is 0 Å². The summed E-state index contributed by atoms with van der Waals surface area (Å²) in [4.78, 5) is 13.7. The second-order valence-corrected chi connectivity index (χ2v) is 6.55. The van der Waals surface area contributed by atoms with Crippen molar-refractivity contribution in [2.24, 2.45) is 11.7 Å². The Morgan fingerprint density at radius 2 is 2.06 bits per heavy atom. The first-order valence-corrected chi connectivity index (χ1v) is 7.08. The van der Waals surface area contributed by atoms with E-state index < -0.39 is 0 Å². The number of likely N-dealkylation sites (tertiary alicyclic amines) is 1. The molecule has 4 heteroatoms. The van der Waals surface area contributed by atoms with Crippen LogP contribution in [-0.4, -0.2) is 42.0 Å². The minimum Gasteiger partial charge on any atom is -0.369 e. The molecule has 106 valence electrons. The van der Waals surface area contributed by atoms with Gasteiger partial charge in [0.05, 0.1) is 5.92 Å². The Morgan fingerprint density at radius 1 is 1.39 bits per heavy atom. The predicted molar refractivity (Wildman–Crippen MR) is 75.3 cm³/mol. The predicted octanol–water partition coefficient (Wildman–Crippen LogP) is 1.35. The molecule has 2 unspecified atom stereocenters. The van der Waals surface area contributed by atoms with Gasteiger partial charge in [-0.2, -0.15) is 0 Å². The van der Waals surface area contributed by atoms with Crippen molar-refractivity contribution in [3.8, 4) is 0 Å². The molecule has 1 fully saturated rings. The number of primary amides is 1. The van der Waals surface area contributed by atoms with E-state index in [2.05, 4.69) is 37.9 Å². The fraction of sp³-hybridized carbons (Fsp3) is 0.929. The number of carbonyl (C=O) groups excluding carboxylic acids is 1. The van der Waals surface area contributed by atoms with Gasteiger partial charge in [-0.3, -0.25) is 9.69 Å². The number of piperidine rings is 1. The summed E-state index contributed by atoms with van der Waals surface area (Å²) >= 11 is 0. The SMILES string of the molecule is CC1CCC(C(N)=O)CN1CCCNC(C)(C)C. The van der Waals surface area contributed by atoms with E-state index in [4.69, 9.17) is 5.73 Å². The van der Waals surface area contributed by atoms with Crippen LogP contribution in [0.15, 0.2) is 0 Å². The molecular formula is C14H29N3O.